The fourth-order valence-corrected chi connectivity index (χ4v) is 2.77. The third kappa shape index (κ3) is 6.79. The van der Waals surface area contributed by atoms with Crippen molar-refractivity contribution in [3.63, 3.8) is 0 Å². The molecule has 0 radical (unpaired) electrons. The van der Waals surface area contributed by atoms with Crippen molar-refractivity contribution in [2.24, 2.45) is 5.41 Å². The van der Waals surface area contributed by atoms with E-state index in [-0.39, 0.29) is 11.2 Å². The molecule has 27 heavy (non-hydrogen) atoms. The molecule has 0 bridgehead atoms. The lowest BCUT2D eigenvalue weighted by molar-refractivity contribution is 0.474. The van der Waals surface area contributed by atoms with Crippen molar-refractivity contribution in [3.05, 3.63) is 95.6 Å². The summed E-state index contributed by atoms with van der Waals surface area (Å²) in [6.07, 6.45) is 14.6. The molecular formula is C26H30O. The largest absolute Gasteiger partial charge is 0.507 e. The van der Waals surface area contributed by atoms with Gasteiger partial charge in [-0.1, -0.05) is 85.4 Å². The predicted octanol–water partition coefficient (Wildman–Crippen LogP) is 7.51. The van der Waals surface area contributed by atoms with Gasteiger partial charge >= 0.3 is 0 Å². The highest BCUT2D eigenvalue weighted by atomic mass is 16.3. The molecule has 0 saturated heterocycles. The third-order valence-corrected chi connectivity index (χ3v) is 4.66. The summed E-state index contributed by atoms with van der Waals surface area (Å²) in [5.74, 6) is 0.286. The number of phenolic OH excluding ortho intramolecular Hbond substituents is 1. The molecule has 0 aliphatic heterocycles. The number of aromatic hydroxyl groups is 1. The van der Waals surface area contributed by atoms with Gasteiger partial charge < -0.3 is 5.11 Å². The summed E-state index contributed by atoms with van der Waals surface area (Å²) in [6.45, 7) is 10.5. The van der Waals surface area contributed by atoms with E-state index in [1.165, 1.54) is 5.57 Å². The zero-order valence-electron chi connectivity index (χ0n) is 16.7. The van der Waals surface area contributed by atoms with Gasteiger partial charge in [-0.3, -0.25) is 0 Å². The number of benzene rings is 2. The van der Waals surface area contributed by atoms with E-state index in [9.17, 15) is 5.11 Å². The molecule has 2 aromatic rings. The summed E-state index contributed by atoms with van der Waals surface area (Å²) >= 11 is 0. The van der Waals surface area contributed by atoms with Crippen molar-refractivity contribution in [2.45, 2.75) is 33.6 Å². The Hall–Kier alpha value is -2.80. The van der Waals surface area contributed by atoms with Crippen LogP contribution in [0.2, 0.25) is 0 Å². The molecule has 0 spiro atoms. The Balaban J connectivity index is 2.16. The standard InChI is InChI=1S/C26H30O/c1-5-26(4,18-9-10-21(2)3)19-17-23-14-16-25(27)24(20-23)15-13-22-11-7-6-8-12-22/h5-8,10-17,19-20,27H,1,9,18H2,2-4H3/b15-13+,19-17+/t26-/m1/s1. The zero-order chi connectivity index (χ0) is 19.7. The highest BCUT2D eigenvalue weighted by Crippen LogP contribution is 2.29. The minimum absolute atomic E-state index is 0.0517. The first-order valence-corrected chi connectivity index (χ1v) is 9.44. The topological polar surface area (TPSA) is 20.2 Å². The number of rotatable bonds is 8. The monoisotopic (exact) mass is 358 g/mol. The fraction of sp³-hybridized carbons (Fsp3) is 0.231. The van der Waals surface area contributed by atoms with Crippen LogP contribution in [0.5, 0.6) is 5.75 Å². The van der Waals surface area contributed by atoms with Crippen LogP contribution in [-0.4, -0.2) is 5.11 Å². The molecule has 1 nitrogen and oxygen atoms in total. The van der Waals surface area contributed by atoms with E-state index in [2.05, 4.69) is 45.6 Å². The highest BCUT2D eigenvalue weighted by Gasteiger charge is 2.15. The summed E-state index contributed by atoms with van der Waals surface area (Å²) in [6, 6.07) is 15.8. The molecule has 1 N–H and O–H groups in total. The van der Waals surface area contributed by atoms with Gasteiger partial charge in [0.1, 0.15) is 5.75 Å². The van der Waals surface area contributed by atoms with Gasteiger partial charge in [0.2, 0.25) is 0 Å². The van der Waals surface area contributed by atoms with Crippen molar-refractivity contribution in [1.29, 1.82) is 0 Å². The van der Waals surface area contributed by atoms with Crippen LogP contribution in [0.25, 0.3) is 18.2 Å². The maximum atomic E-state index is 10.2. The van der Waals surface area contributed by atoms with Crippen LogP contribution in [0, 0.1) is 5.41 Å². The highest BCUT2D eigenvalue weighted by molar-refractivity contribution is 5.74. The van der Waals surface area contributed by atoms with Crippen molar-refractivity contribution < 1.29 is 5.11 Å². The van der Waals surface area contributed by atoms with Gasteiger partial charge in [-0.2, -0.15) is 0 Å². The van der Waals surface area contributed by atoms with Crippen LogP contribution < -0.4 is 0 Å². The second kappa shape index (κ2) is 9.78. The lowest BCUT2D eigenvalue weighted by Crippen LogP contribution is -2.08. The number of hydrogen-bond donors (Lipinski definition) is 1. The third-order valence-electron chi connectivity index (χ3n) is 4.66. The average Bonchev–Trinajstić information content (AvgIpc) is 2.67. The SMILES string of the molecule is C=C[C@@](C)(/C=C/c1ccc(O)c(/C=C/c2ccccc2)c1)CCC=C(C)C. The number of allylic oxidation sites excluding steroid dienone is 4. The Bertz CT molecular complexity index is 836. The normalized spacial score (nSPS) is 13.6. The maximum absolute atomic E-state index is 10.2. The second-order valence-electron chi connectivity index (χ2n) is 7.43. The Morgan fingerprint density at radius 2 is 1.74 bits per heavy atom. The van der Waals surface area contributed by atoms with Gasteiger partial charge in [0.15, 0.2) is 0 Å². The van der Waals surface area contributed by atoms with E-state index >= 15 is 0 Å². The summed E-state index contributed by atoms with van der Waals surface area (Å²) in [5.41, 5.74) is 4.28. The minimum atomic E-state index is -0.0517. The van der Waals surface area contributed by atoms with Crippen molar-refractivity contribution >= 4 is 18.2 Å². The van der Waals surface area contributed by atoms with Crippen LogP contribution in [0.3, 0.4) is 0 Å². The van der Waals surface area contributed by atoms with Crippen molar-refractivity contribution in [2.75, 3.05) is 0 Å². The minimum Gasteiger partial charge on any atom is -0.507 e. The fourth-order valence-electron chi connectivity index (χ4n) is 2.77. The molecule has 0 amide bonds. The van der Waals surface area contributed by atoms with Crippen LogP contribution >= 0.6 is 0 Å². The van der Waals surface area contributed by atoms with E-state index < -0.39 is 0 Å². The molecule has 1 atom stereocenters. The second-order valence-corrected chi connectivity index (χ2v) is 7.43. The van der Waals surface area contributed by atoms with E-state index in [0.29, 0.717) is 0 Å². The molecular weight excluding hydrogens is 328 g/mol. The smallest absolute Gasteiger partial charge is 0.122 e. The molecule has 2 aromatic carbocycles. The Labute approximate surface area is 164 Å². The van der Waals surface area contributed by atoms with Gasteiger partial charge in [0.25, 0.3) is 0 Å². The molecule has 0 fully saturated rings. The van der Waals surface area contributed by atoms with Gasteiger partial charge in [-0.25, -0.2) is 0 Å². The summed E-state index contributed by atoms with van der Waals surface area (Å²) < 4.78 is 0. The van der Waals surface area contributed by atoms with Crippen molar-refractivity contribution in [1.82, 2.24) is 0 Å². The molecule has 1 heteroatoms. The van der Waals surface area contributed by atoms with Crippen LogP contribution in [0.15, 0.2) is 78.9 Å². The van der Waals surface area contributed by atoms with Crippen LogP contribution in [0.4, 0.5) is 0 Å². The number of hydrogen-bond acceptors (Lipinski definition) is 1. The summed E-state index contributed by atoms with van der Waals surface area (Å²) in [5, 5.41) is 10.2. The van der Waals surface area contributed by atoms with Gasteiger partial charge in [0, 0.05) is 11.0 Å². The first-order valence-electron chi connectivity index (χ1n) is 9.44. The molecule has 0 saturated carbocycles. The quantitative estimate of drug-likeness (QED) is 0.382. The lowest BCUT2D eigenvalue weighted by Gasteiger charge is -2.20. The van der Waals surface area contributed by atoms with Crippen LogP contribution in [0.1, 0.15) is 50.3 Å². The van der Waals surface area contributed by atoms with E-state index in [0.717, 1.165) is 29.5 Å². The van der Waals surface area contributed by atoms with Gasteiger partial charge in [-0.05, 0) is 49.9 Å². The van der Waals surface area contributed by atoms with E-state index in [1.54, 1.807) is 6.07 Å². The lowest BCUT2D eigenvalue weighted by atomic mass is 9.84. The van der Waals surface area contributed by atoms with E-state index in [1.807, 2.05) is 60.7 Å². The average molecular weight is 359 g/mol. The first-order chi connectivity index (χ1) is 12.9. The molecule has 0 unspecified atom stereocenters. The van der Waals surface area contributed by atoms with Crippen molar-refractivity contribution in [3.8, 4) is 5.75 Å². The molecule has 2 rings (SSSR count). The molecule has 0 aromatic heterocycles. The van der Waals surface area contributed by atoms with Gasteiger partial charge in [0.05, 0.1) is 0 Å². The summed E-state index contributed by atoms with van der Waals surface area (Å²) in [7, 11) is 0. The zero-order valence-corrected chi connectivity index (χ0v) is 16.7. The molecule has 0 aliphatic rings. The number of phenols is 1. The molecule has 140 valence electrons. The molecule has 0 heterocycles. The Morgan fingerprint density at radius 1 is 1.00 bits per heavy atom. The Morgan fingerprint density at radius 3 is 2.41 bits per heavy atom. The molecule has 0 aliphatic carbocycles. The maximum Gasteiger partial charge on any atom is 0.122 e. The first kappa shape index (κ1) is 20.5. The van der Waals surface area contributed by atoms with Crippen LogP contribution in [-0.2, 0) is 0 Å². The predicted molar refractivity (Wildman–Crippen MR) is 119 cm³/mol. The Kier molecular flexibility index (Phi) is 7.43. The van der Waals surface area contributed by atoms with E-state index in [4.69, 9.17) is 0 Å². The van der Waals surface area contributed by atoms with Gasteiger partial charge in [-0.15, -0.1) is 6.58 Å². The summed E-state index contributed by atoms with van der Waals surface area (Å²) in [4.78, 5) is 0.